The average Bonchev–Trinajstić information content (AvgIpc) is 3.19. The van der Waals surface area contributed by atoms with Crippen LogP contribution in [0, 0.1) is 0 Å². The van der Waals surface area contributed by atoms with Crippen molar-refractivity contribution >= 4 is 10.9 Å². The number of H-pyrrole nitrogens is 1. The maximum Gasteiger partial charge on any atom is 0.253 e. The largest absolute Gasteiger partial charge is 0.493 e. The van der Waals surface area contributed by atoms with Crippen molar-refractivity contribution in [2.24, 2.45) is 0 Å². The van der Waals surface area contributed by atoms with E-state index in [0.29, 0.717) is 22.6 Å². The first-order valence-electron chi connectivity index (χ1n) is 12.5. The van der Waals surface area contributed by atoms with Gasteiger partial charge in [-0.25, -0.2) is 4.68 Å². The number of nitrogens with one attached hydrogen (secondary N) is 1. The summed E-state index contributed by atoms with van der Waals surface area (Å²) in [6.45, 7) is 1.84. The topological polar surface area (TPSA) is 98.2 Å². The van der Waals surface area contributed by atoms with Gasteiger partial charge < -0.3 is 14.5 Å². The maximum atomic E-state index is 13.5. The molecule has 1 aromatic carbocycles. The summed E-state index contributed by atoms with van der Waals surface area (Å²) in [5, 5.41) is 13.9. The third kappa shape index (κ3) is 4.41. The lowest BCUT2D eigenvalue weighted by Crippen LogP contribution is -2.36. The summed E-state index contributed by atoms with van der Waals surface area (Å²) in [7, 11) is 3.21. The van der Waals surface area contributed by atoms with E-state index in [1.54, 1.807) is 14.2 Å². The SMILES string of the molecule is COc1cc2cc(C(c3nnnn3C3CCCCC3)N3CCCCCC3)c(=O)[nH]c2cc1OC. The summed E-state index contributed by atoms with van der Waals surface area (Å²) >= 11 is 0. The minimum atomic E-state index is -0.295. The summed E-state index contributed by atoms with van der Waals surface area (Å²) in [6, 6.07) is 5.70. The summed E-state index contributed by atoms with van der Waals surface area (Å²) < 4.78 is 12.9. The Morgan fingerprint density at radius 3 is 2.32 bits per heavy atom. The molecule has 2 aliphatic rings. The lowest BCUT2D eigenvalue weighted by Gasteiger charge is -2.31. The van der Waals surface area contributed by atoms with Crippen LogP contribution in [0.3, 0.4) is 0 Å². The highest BCUT2D eigenvalue weighted by atomic mass is 16.5. The number of rotatable bonds is 6. The van der Waals surface area contributed by atoms with Gasteiger partial charge >= 0.3 is 0 Å². The predicted octanol–water partition coefficient (Wildman–Crippen LogP) is 4.00. The van der Waals surface area contributed by atoms with E-state index in [9.17, 15) is 4.79 Å². The monoisotopic (exact) mass is 466 g/mol. The quantitative estimate of drug-likeness (QED) is 0.586. The van der Waals surface area contributed by atoms with Crippen molar-refractivity contribution in [2.75, 3.05) is 27.3 Å². The van der Waals surface area contributed by atoms with E-state index in [2.05, 4.69) is 25.4 Å². The smallest absolute Gasteiger partial charge is 0.253 e. The molecule has 2 fully saturated rings. The third-order valence-electron chi connectivity index (χ3n) is 7.36. The number of ether oxygens (including phenoxy) is 2. The highest BCUT2D eigenvalue weighted by molar-refractivity contribution is 5.83. The molecule has 1 saturated heterocycles. The number of nitrogens with zero attached hydrogens (tertiary/aromatic N) is 5. The molecular formula is C25H34N6O3. The van der Waals surface area contributed by atoms with Gasteiger partial charge in [0.25, 0.3) is 5.56 Å². The van der Waals surface area contributed by atoms with Crippen LogP contribution in [0.2, 0.25) is 0 Å². The van der Waals surface area contributed by atoms with E-state index in [1.165, 1.54) is 32.1 Å². The van der Waals surface area contributed by atoms with E-state index in [1.807, 2.05) is 22.9 Å². The highest BCUT2D eigenvalue weighted by Crippen LogP contribution is 2.35. The van der Waals surface area contributed by atoms with Crippen LogP contribution in [0.25, 0.3) is 10.9 Å². The van der Waals surface area contributed by atoms with Gasteiger partial charge in [0.2, 0.25) is 0 Å². The molecule has 0 bridgehead atoms. The predicted molar refractivity (Wildman–Crippen MR) is 129 cm³/mol. The molecule has 0 radical (unpaired) electrons. The minimum absolute atomic E-state index is 0.118. The van der Waals surface area contributed by atoms with Crippen LogP contribution in [0.1, 0.15) is 81.3 Å². The van der Waals surface area contributed by atoms with Crippen LogP contribution in [0.5, 0.6) is 11.5 Å². The molecule has 2 aromatic heterocycles. The molecule has 1 aliphatic carbocycles. The van der Waals surface area contributed by atoms with Crippen molar-refractivity contribution in [2.45, 2.75) is 69.9 Å². The van der Waals surface area contributed by atoms with Gasteiger partial charge in [0, 0.05) is 17.0 Å². The lowest BCUT2D eigenvalue weighted by molar-refractivity contribution is 0.210. The lowest BCUT2D eigenvalue weighted by atomic mass is 9.95. The molecule has 9 heteroatoms. The van der Waals surface area contributed by atoms with Crippen molar-refractivity contribution in [1.82, 2.24) is 30.1 Å². The Bertz CT molecular complexity index is 1180. The molecule has 3 heterocycles. The second-order valence-electron chi connectivity index (χ2n) is 9.47. The van der Waals surface area contributed by atoms with Crippen molar-refractivity contribution in [3.8, 4) is 11.5 Å². The highest BCUT2D eigenvalue weighted by Gasteiger charge is 2.33. The van der Waals surface area contributed by atoms with E-state index >= 15 is 0 Å². The molecule has 0 spiro atoms. The molecular weight excluding hydrogens is 432 g/mol. The fourth-order valence-electron chi connectivity index (χ4n) is 5.57. The number of pyridine rings is 1. The van der Waals surface area contributed by atoms with Gasteiger partial charge in [0.1, 0.15) is 6.04 Å². The first-order chi connectivity index (χ1) is 16.7. The number of benzene rings is 1. The zero-order valence-corrected chi connectivity index (χ0v) is 20.1. The van der Waals surface area contributed by atoms with Crippen LogP contribution in [0.15, 0.2) is 23.0 Å². The molecule has 9 nitrogen and oxygen atoms in total. The summed E-state index contributed by atoms with van der Waals surface area (Å²) in [6.07, 6.45) is 10.4. The molecule has 182 valence electrons. The molecule has 3 aromatic rings. The Balaban J connectivity index is 1.64. The summed E-state index contributed by atoms with van der Waals surface area (Å²) in [5.74, 6) is 1.99. The first-order valence-corrected chi connectivity index (χ1v) is 12.5. The molecule has 1 saturated carbocycles. The molecule has 1 atom stereocenters. The Morgan fingerprint density at radius 1 is 0.941 bits per heavy atom. The number of aromatic nitrogens is 5. The molecule has 0 amide bonds. The number of hydrogen-bond acceptors (Lipinski definition) is 7. The van der Waals surface area contributed by atoms with Gasteiger partial charge in [-0.15, -0.1) is 5.10 Å². The van der Waals surface area contributed by atoms with E-state index in [0.717, 1.165) is 50.0 Å². The Kier molecular flexibility index (Phi) is 6.80. The summed E-state index contributed by atoms with van der Waals surface area (Å²) in [4.78, 5) is 19.0. The van der Waals surface area contributed by atoms with Crippen LogP contribution in [-0.2, 0) is 0 Å². The number of aromatic amines is 1. The van der Waals surface area contributed by atoms with Gasteiger partial charge in [-0.05, 0) is 61.3 Å². The van der Waals surface area contributed by atoms with Gasteiger partial charge in [0.05, 0.1) is 25.8 Å². The summed E-state index contributed by atoms with van der Waals surface area (Å²) in [5.41, 5.74) is 1.27. The van der Waals surface area contributed by atoms with Crippen molar-refractivity contribution in [1.29, 1.82) is 0 Å². The van der Waals surface area contributed by atoms with E-state index < -0.39 is 0 Å². The van der Waals surface area contributed by atoms with Crippen molar-refractivity contribution in [3.63, 3.8) is 0 Å². The standard InChI is InChI=1S/C25H34N6O3/c1-33-21-15-17-14-19(25(32)26-20(17)16-22(21)34-2)23(30-12-8-3-4-9-13-30)24-27-28-29-31(24)18-10-6-5-7-11-18/h14-16,18,23H,3-13H2,1-2H3,(H,26,32). The zero-order valence-electron chi connectivity index (χ0n) is 20.1. The molecule has 1 unspecified atom stereocenters. The minimum Gasteiger partial charge on any atom is -0.493 e. The van der Waals surface area contributed by atoms with Gasteiger partial charge in [-0.2, -0.15) is 0 Å². The van der Waals surface area contributed by atoms with E-state index in [-0.39, 0.29) is 17.6 Å². The van der Waals surface area contributed by atoms with Crippen LogP contribution < -0.4 is 15.0 Å². The van der Waals surface area contributed by atoms with Crippen LogP contribution >= 0.6 is 0 Å². The second kappa shape index (κ2) is 10.1. The zero-order chi connectivity index (χ0) is 23.5. The van der Waals surface area contributed by atoms with Crippen molar-refractivity contribution in [3.05, 3.63) is 39.9 Å². The van der Waals surface area contributed by atoms with Gasteiger partial charge in [0.15, 0.2) is 17.3 Å². The molecule has 34 heavy (non-hydrogen) atoms. The van der Waals surface area contributed by atoms with Crippen LogP contribution in [-0.4, -0.2) is 57.4 Å². The maximum absolute atomic E-state index is 13.5. The molecule has 5 rings (SSSR count). The van der Waals surface area contributed by atoms with Crippen molar-refractivity contribution < 1.29 is 9.47 Å². The Hall–Kier alpha value is -2.94. The van der Waals surface area contributed by atoms with Crippen LogP contribution in [0.4, 0.5) is 0 Å². The fraction of sp³-hybridized carbons (Fsp3) is 0.600. The number of likely N-dealkylation sites (tertiary alicyclic amines) is 1. The number of fused-ring (bicyclic) bond motifs is 1. The van der Waals surface area contributed by atoms with E-state index in [4.69, 9.17) is 9.47 Å². The number of hydrogen-bond donors (Lipinski definition) is 1. The normalized spacial score (nSPS) is 19.1. The molecule has 1 aliphatic heterocycles. The molecule has 1 N–H and O–H groups in total. The van der Waals surface area contributed by atoms with Gasteiger partial charge in [-0.1, -0.05) is 32.1 Å². The number of methoxy groups -OCH3 is 2. The number of tetrazole rings is 1. The first kappa shape index (κ1) is 22.8. The van der Waals surface area contributed by atoms with Gasteiger partial charge in [-0.3, -0.25) is 9.69 Å². The second-order valence-corrected chi connectivity index (χ2v) is 9.47. The third-order valence-corrected chi connectivity index (χ3v) is 7.36. The average molecular weight is 467 g/mol. The fourth-order valence-corrected chi connectivity index (χ4v) is 5.57. The Labute approximate surface area is 199 Å². The Morgan fingerprint density at radius 2 is 1.62 bits per heavy atom.